The standard InChI is InChI=1S/C22H24N2O5/c1-6-29-22(25)17-12-23-20-14(3)9-13(2)10-16(20)21(17)24(26)15-7-8-18(27-4)19(11-15)28-5/h7-12,26H,6H2,1-5H3. The summed E-state index contributed by atoms with van der Waals surface area (Å²) in [6.45, 7) is 5.83. The van der Waals surface area contributed by atoms with Gasteiger partial charge in [-0.3, -0.25) is 10.2 Å². The first kappa shape index (κ1) is 20.4. The minimum atomic E-state index is -0.560. The zero-order valence-corrected chi connectivity index (χ0v) is 17.1. The maximum atomic E-state index is 12.6. The number of esters is 1. The Labute approximate surface area is 169 Å². The fourth-order valence-electron chi connectivity index (χ4n) is 3.32. The van der Waals surface area contributed by atoms with E-state index in [0.29, 0.717) is 33.8 Å². The summed E-state index contributed by atoms with van der Waals surface area (Å²) in [6.07, 6.45) is 1.43. The summed E-state index contributed by atoms with van der Waals surface area (Å²) in [6, 6.07) is 8.87. The van der Waals surface area contributed by atoms with E-state index in [-0.39, 0.29) is 12.2 Å². The fraction of sp³-hybridized carbons (Fsp3) is 0.273. The number of nitrogens with zero attached hydrogens (tertiary/aromatic N) is 2. The Morgan fingerprint density at radius 1 is 1.10 bits per heavy atom. The lowest BCUT2D eigenvalue weighted by Gasteiger charge is -2.23. The zero-order chi connectivity index (χ0) is 21.1. The summed E-state index contributed by atoms with van der Waals surface area (Å²) >= 11 is 0. The molecule has 3 rings (SSSR count). The molecule has 0 aliphatic rings. The van der Waals surface area contributed by atoms with Gasteiger partial charge in [0, 0.05) is 17.6 Å². The largest absolute Gasteiger partial charge is 0.493 e. The van der Waals surface area contributed by atoms with Crippen LogP contribution < -0.4 is 14.5 Å². The summed E-state index contributed by atoms with van der Waals surface area (Å²) in [7, 11) is 3.05. The van der Waals surface area contributed by atoms with Crippen LogP contribution in [-0.2, 0) is 4.74 Å². The highest BCUT2D eigenvalue weighted by atomic mass is 16.5. The van der Waals surface area contributed by atoms with Crippen LogP contribution in [0, 0.1) is 13.8 Å². The molecule has 3 aromatic rings. The summed E-state index contributed by atoms with van der Waals surface area (Å²) in [5, 5.41) is 12.8. The van der Waals surface area contributed by atoms with Crippen molar-refractivity contribution in [2.75, 3.05) is 25.9 Å². The van der Waals surface area contributed by atoms with E-state index in [4.69, 9.17) is 14.2 Å². The molecule has 1 N–H and O–H groups in total. The molecule has 29 heavy (non-hydrogen) atoms. The number of rotatable bonds is 6. The fourth-order valence-corrected chi connectivity index (χ4v) is 3.32. The van der Waals surface area contributed by atoms with Gasteiger partial charge in [0.05, 0.1) is 37.7 Å². The van der Waals surface area contributed by atoms with Gasteiger partial charge in [-0.1, -0.05) is 11.6 Å². The zero-order valence-electron chi connectivity index (χ0n) is 17.1. The van der Waals surface area contributed by atoms with E-state index >= 15 is 0 Å². The van der Waals surface area contributed by atoms with Gasteiger partial charge in [0.1, 0.15) is 5.56 Å². The highest BCUT2D eigenvalue weighted by Crippen LogP contribution is 2.38. The number of carbonyl (C=O) groups is 1. The second-order valence-corrected chi connectivity index (χ2v) is 6.57. The Bertz CT molecular complexity index is 1060. The maximum absolute atomic E-state index is 12.6. The molecule has 0 fully saturated rings. The molecule has 7 heteroatoms. The molecule has 0 saturated carbocycles. The summed E-state index contributed by atoms with van der Waals surface area (Å²) in [4.78, 5) is 17.0. The van der Waals surface area contributed by atoms with Crippen LogP contribution in [0.4, 0.5) is 11.4 Å². The minimum Gasteiger partial charge on any atom is -0.493 e. The van der Waals surface area contributed by atoms with E-state index in [9.17, 15) is 10.0 Å². The van der Waals surface area contributed by atoms with Gasteiger partial charge >= 0.3 is 5.97 Å². The van der Waals surface area contributed by atoms with E-state index in [1.807, 2.05) is 26.0 Å². The molecule has 7 nitrogen and oxygen atoms in total. The van der Waals surface area contributed by atoms with Crippen LogP contribution in [0.2, 0.25) is 0 Å². The van der Waals surface area contributed by atoms with Crippen LogP contribution in [0.1, 0.15) is 28.4 Å². The minimum absolute atomic E-state index is 0.168. The Morgan fingerprint density at radius 3 is 2.48 bits per heavy atom. The van der Waals surface area contributed by atoms with Gasteiger partial charge in [0.15, 0.2) is 11.5 Å². The van der Waals surface area contributed by atoms with Crippen molar-refractivity contribution >= 4 is 28.2 Å². The lowest BCUT2D eigenvalue weighted by Crippen LogP contribution is -2.17. The van der Waals surface area contributed by atoms with E-state index in [1.165, 1.54) is 20.4 Å². The summed E-state index contributed by atoms with van der Waals surface area (Å²) < 4.78 is 15.8. The van der Waals surface area contributed by atoms with Crippen LogP contribution in [0.5, 0.6) is 11.5 Å². The SMILES string of the molecule is CCOC(=O)c1cnc2c(C)cc(C)cc2c1N(O)c1ccc(OC)c(OC)c1. The Balaban J connectivity index is 2.27. The van der Waals surface area contributed by atoms with Crippen molar-refractivity contribution in [1.29, 1.82) is 0 Å². The van der Waals surface area contributed by atoms with E-state index in [1.54, 1.807) is 25.1 Å². The van der Waals surface area contributed by atoms with E-state index in [2.05, 4.69) is 4.98 Å². The molecule has 0 radical (unpaired) electrons. The first-order valence-corrected chi connectivity index (χ1v) is 9.19. The van der Waals surface area contributed by atoms with Crippen molar-refractivity contribution in [3.63, 3.8) is 0 Å². The van der Waals surface area contributed by atoms with Crippen molar-refractivity contribution in [2.24, 2.45) is 0 Å². The molecule has 0 spiro atoms. The van der Waals surface area contributed by atoms with Crippen LogP contribution in [-0.4, -0.2) is 37.0 Å². The lowest BCUT2D eigenvalue weighted by atomic mass is 10.0. The van der Waals surface area contributed by atoms with Gasteiger partial charge in [-0.25, -0.2) is 9.86 Å². The number of fused-ring (bicyclic) bond motifs is 1. The Kier molecular flexibility index (Phi) is 5.89. The van der Waals surface area contributed by atoms with Crippen molar-refractivity contribution < 1.29 is 24.2 Å². The van der Waals surface area contributed by atoms with E-state index in [0.717, 1.165) is 16.2 Å². The molecule has 0 unspecified atom stereocenters. The number of hydrogen-bond acceptors (Lipinski definition) is 7. The number of ether oxygens (including phenoxy) is 3. The third-order valence-electron chi connectivity index (χ3n) is 4.60. The first-order valence-electron chi connectivity index (χ1n) is 9.19. The van der Waals surface area contributed by atoms with Crippen LogP contribution in [0.15, 0.2) is 36.5 Å². The third-order valence-corrected chi connectivity index (χ3v) is 4.60. The van der Waals surface area contributed by atoms with Gasteiger partial charge in [-0.15, -0.1) is 0 Å². The first-order chi connectivity index (χ1) is 13.9. The predicted octanol–water partition coefficient (Wildman–Crippen LogP) is 4.57. The van der Waals surface area contributed by atoms with Gasteiger partial charge in [0.2, 0.25) is 0 Å². The lowest BCUT2D eigenvalue weighted by molar-refractivity contribution is 0.0525. The Hall–Kier alpha value is -3.32. The molecule has 1 heterocycles. The van der Waals surface area contributed by atoms with Gasteiger partial charge < -0.3 is 14.2 Å². The Morgan fingerprint density at radius 2 is 1.83 bits per heavy atom. The average Bonchev–Trinajstić information content (AvgIpc) is 2.71. The van der Waals surface area contributed by atoms with Crippen LogP contribution in [0.3, 0.4) is 0 Å². The van der Waals surface area contributed by atoms with Gasteiger partial charge in [-0.2, -0.15) is 0 Å². The number of aryl methyl sites for hydroxylation is 2. The highest BCUT2D eigenvalue weighted by Gasteiger charge is 2.23. The van der Waals surface area contributed by atoms with Gasteiger partial charge in [0.25, 0.3) is 0 Å². The molecule has 0 atom stereocenters. The molecular weight excluding hydrogens is 372 g/mol. The second-order valence-electron chi connectivity index (χ2n) is 6.57. The van der Waals surface area contributed by atoms with Crippen molar-refractivity contribution in [1.82, 2.24) is 4.98 Å². The van der Waals surface area contributed by atoms with Crippen molar-refractivity contribution in [3.8, 4) is 11.5 Å². The summed E-state index contributed by atoms with van der Waals surface area (Å²) in [5.41, 5.74) is 3.49. The molecule has 2 aromatic carbocycles. The normalized spacial score (nSPS) is 10.7. The highest BCUT2D eigenvalue weighted by molar-refractivity contribution is 6.06. The molecule has 0 aliphatic carbocycles. The molecule has 0 aliphatic heterocycles. The number of hydrogen-bond donors (Lipinski definition) is 1. The quantitative estimate of drug-likeness (QED) is 0.483. The number of aromatic nitrogens is 1. The average molecular weight is 396 g/mol. The predicted molar refractivity (Wildman–Crippen MR) is 111 cm³/mol. The van der Waals surface area contributed by atoms with Gasteiger partial charge in [-0.05, 0) is 44.5 Å². The molecule has 1 aromatic heterocycles. The smallest absolute Gasteiger partial charge is 0.341 e. The molecule has 0 bridgehead atoms. The second kappa shape index (κ2) is 8.36. The number of anilines is 2. The third kappa shape index (κ3) is 3.82. The summed E-state index contributed by atoms with van der Waals surface area (Å²) in [5.74, 6) is 0.421. The van der Waals surface area contributed by atoms with Crippen LogP contribution >= 0.6 is 0 Å². The van der Waals surface area contributed by atoms with Crippen LogP contribution in [0.25, 0.3) is 10.9 Å². The van der Waals surface area contributed by atoms with Crippen molar-refractivity contribution in [3.05, 3.63) is 53.2 Å². The number of methoxy groups -OCH3 is 2. The molecular formula is C22H24N2O5. The molecule has 0 saturated heterocycles. The number of carbonyl (C=O) groups excluding carboxylic acids is 1. The number of benzene rings is 2. The topological polar surface area (TPSA) is 81.1 Å². The maximum Gasteiger partial charge on any atom is 0.341 e. The number of pyridine rings is 1. The van der Waals surface area contributed by atoms with Crippen molar-refractivity contribution in [2.45, 2.75) is 20.8 Å². The molecule has 152 valence electrons. The monoisotopic (exact) mass is 396 g/mol. The van der Waals surface area contributed by atoms with E-state index < -0.39 is 5.97 Å². The molecule has 0 amide bonds.